The topological polar surface area (TPSA) is 113 Å². The van der Waals surface area contributed by atoms with Crippen LogP contribution in [0.1, 0.15) is 71.6 Å². The average molecular weight is 493 g/mol. The molecule has 1 heterocycles. The maximum absolute atomic E-state index is 12.2. The van der Waals surface area contributed by atoms with Gasteiger partial charge in [0.15, 0.2) is 0 Å². The number of hydrogen-bond donors (Lipinski definition) is 1. The Balaban J connectivity index is 0.00000245. The Bertz CT molecular complexity index is 919. The summed E-state index contributed by atoms with van der Waals surface area (Å²) in [6.45, 7) is 4.87. The first-order chi connectivity index (χ1) is 14.5. The standard InChI is InChI=1S/C23H34O7S.K/c1-21-8-5-16(30-31(26,27)28)12-15(21)3-4-19-18(21)6-9-22(2)17(7-10-23(19,22)25)14-11-20(24)29-13-14;/h11,15-19,25H,3-10,12-13H2,1-2H3,(H,26,27,28);/q;+1/p-1/t15-,16-,17+,18-,19+,21-,22+,23-;/m0./s1. The minimum atomic E-state index is -4.68. The van der Waals surface area contributed by atoms with Crippen molar-refractivity contribution in [2.45, 2.75) is 83.3 Å². The van der Waals surface area contributed by atoms with Gasteiger partial charge in [0.25, 0.3) is 0 Å². The number of hydrogen-bond acceptors (Lipinski definition) is 7. The maximum Gasteiger partial charge on any atom is 1.00 e. The van der Waals surface area contributed by atoms with Gasteiger partial charge >= 0.3 is 57.4 Å². The number of esters is 1. The number of carbonyl (C=O) groups is 1. The van der Waals surface area contributed by atoms with Gasteiger partial charge in [-0.2, -0.15) is 0 Å². The molecule has 4 aliphatic carbocycles. The number of cyclic esters (lactones) is 1. The van der Waals surface area contributed by atoms with Crippen LogP contribution in [0.2, 0.25) is 0 Å². The molecular formula is C23H33KO7S. The van der Waals surface area contributed by atoms with Gasteiger partial charge in [0.1, 0.15) is 6.61 Å². The Kier molecular flexibility index (Phi) is 6.97. The minimum Gasteiger partial charge on any atom is -0.726 e. The predicted molar refractivity (Wildman–Crippen MR) is 110 cm³/mol. The van der Waals surface area contributed by atoms with Crippen LogP contribution in [0.25, 0.3) is 0 Å². The molecule has 8 atom stereocenters. The molecule has 0 aromatic carbocycles. The first kappa shape index (κ1) is 25.8. The minimum absolute atomic E-state index is 0. The fourth-order valence-electron chi connectivity index (χ4n) is 8.62. The third-order valence-electron chi connectivity index (χ3n) is 10.2. The summed E-state index contributed by atoms with van der Waals surface area (Å²) in [6, 6.07) is 0. The molecule has 1 aliphatic heterocycles. The smallest absolute Gasteiger partial charge is 0.726 e. The molecule has 0 aromatic heterocycles. The first-order valence-electron chi connectivity index (χ1n) is 11.7. The summed E-state index contributed by atoms with van der Waals surface area (Å²) >= 11 is 0. The SMILES string of the molecule is C[C@]12CC[C@H](OS(=O)(=O)[O-])C[C@@H]1CC[C@@H]1[C@@H]2CC[C@]2(C)[C@@H](C3=CC(=O)OC3)CC[C@]12O.[K+]. The molecule has 0 radical (unpaired) electrons. The van der Waals surface area contributed by atoms with Gasteiger partial charge in [-0.05, 0) is 92.4 Å². The van der Waals surface area contributed by atoms with Crippen molar-refractivity contribution in [3.63, 3.8) is 0 Å². The van der Waals surface area contributed by atoms with Gasteiger partial charge in [0.05, 0.1) is 11.7 Å². The molecule has 5 aliphatic rings. The fraction of sp³-hybridized carbons (Fsp3) is 0.870. The van der Waals surface area contributed by atoms with Crippen LogP contribution in [0.15, 0.2) is 11.6 Å². The molecule has 4 fully saturated rings. The van der Waals surface area contributed by atoms with Crippen LogP contribution in [-0.2, 0) is 24.1 Å². The molecule has 0 spiro atoms. The number of fused-ring (bicyclic) bond motifs is 5. The number of rotatable bonds is 3. The van der Waals surface area contributed by atoms with Gasteiger partial charge in [-0.1, -0.05) is 13.8 Å². The largest absolute Gasteiger partial charge is 1.00 e. The van der Waals surface area contributed by atoms with Crippen molar-refractivity contribution in [2.24, 2.45) is 34.5 Å². The Hall–Kier alpha value is 0.676. The molecule has 0 saturated heterocycles. The van der Waals surface area contributed by atoms with Gasteiger partial charge in [-0.3, -0.25) is 4.18 Å². The Morgan fingerprint density at radius 3 is 2.50 bits per heavy atom. The molecule has 9 heteroatoms. The third kappa shape index (κ3) is 3.95. The Labute approximate surface area is 233 Å². The third-order valence-corrected chi connectivity index (χ3v) is 10.7. The van der Waals surface area contributed by atoms with Gasteiger partial charge in [0, 0.05) is 11.5 Å². The molecule has 7 nitrogen and oxygen atoms in total. The van der Waals surface area contributed by atoms with E-state index in [0.29, 0.717) is 31.3 Å². The van der Waals surface area contributed by atoms with Gasteiger partial charge < -0.3 is 14.4 Å². The molecule has 1 N–H and O–H groups in total. The van der Waals surface area contributed by atoms with E-state index in [4.69, 9.17) is 8.92 Å². The summed E-state index contributed by atoms with van der Waals surface area (Å²) in [5, 5.41) is 12.2. The summed E-state index contributed by atoms with van der Waals surface area (Å²) in [7, 11) is -4.68. The van der Waals surface area contributed by atoms with Crippen LogP contribution in [0.3, 0.4) is 0 Å². The molecule has 32 heavy (non-hydrogen) atoms. The molecule has 174 valence electrons. The molecule has 5 rings (SSSR count). The van der Waals surface area contributed by atoms with Crippen LogP contribution in [0, 0.1) is 34.5 Å². The summed E-state index contributed by atoms with van der Waals surface area (Å²) in [5.41, 5.74) is 0.0511. The van der Waals surface area contributed by atoms with E-state index in [1.807, 2.05) is 0 Å². The summed E-state index contributed by atoms with van der Waals surface area (Å²) in [5.74, 6) is 0.805. The van der Waals surface area contributed by atoms with Gasteiger partial charge in [0.2, 0.25) is 10.4 Å². The molecule has 0 aromatic rings. The van der Waals surface area contributed by atoms with Crippen LogP contribution >= 0.6 is 0 Å². The summed E-state index contributed by atoms with van der Waals surface area (Å²) in [6.07, 6.45) is 8.53. The van der Waals surface area contributed by atoms with Crippen molar-refractivity contribution in [3.8, 4) is 0 Å². The zero-order valence-corrected chi connectivity index (χ0v) is 23.3. The second-order valence-corrected chi connectivity index (χ2v) is 12.2. The van der Waals surface area contributed by atoms with Crippen LogP contribution in [0.5, 0.6) is 0 Å². The predicted octanol–water partition coefficient (Wildman–Crippen LogP) is 0.0928. The molecule has 0 unspecified atom stereocenters. The second-order valence-electron chi connectivity index (χ2n) is 11.2. The van der Waals surface area contributed by atoms with E-state index < -0.39 is 22.1 Å². The zero-order valence-electron chi connectivity index (χ0n) is 19.3. The van der Waals surface area contributed by atoms with Crippen LogP contribution < -0.4 is 51.4 Å². The number of ether oxygens (including phenoxy) is 1. The molecule has 0 amide bonds. The van der Waals surface area contributed by atoms with E-state index in [1.165, 1.54) is 0 Å². The van der Waals surface area contributed by atoms with Crippen LogP contribution in [-0.4, -0.2) is 42.4 Å². The molecule has 0 bridgehead atoms. The fourth-order valence-corrected chi connectivity index (χ4v) is 9.13. The van der Waals surface area contributed by atoms with E-state index in [2.05, 4.69) is 13.8 Å². The number of carbonyl (C=O) groups excluding carboxylic acids is 1. The molecule has 4 saturated carbocycles. The average Bonchev–Trinajstić information content (AvgIpc) is 3.21. The summed E-state index contributed by atoms with van der Waals surface area (Å²) in [4.78, 5) is 11.7. The van der Waals surface area contributed by atoms with E-state index in [0.717, 1.165) is 50.5 Å². The first-order valence-corrected chi connectivity index (χ1v) is 13.0. The quantitative estimate of drug-likeness (QED) is 0.257. The Morgan fingerprint density at radius 2 is 1.84 bits per heavy atom. The normalized spacial score (nSPS) is 48.1. The van der Waals surface area contributed by atoms with Crippen molar-refractivity contribution in [1.29, 1.82) is 0 Å². The Morgan fingerprint density at radius 1 is 1.09 bits per heavy atom. The van der Waals surface area contributed by atoms with E-state index >= 15 is 0 Å². The van der Waals surface area contributed by atoms with Crippen molar-refractivity contribution in [1.82, 2.24) is 0 Å². The van der Waals surface area contributed by atoms with Crippen molar-refractivity contribution < 1.29 is 83.2 Å². The van der Waals surface area contributed by atoms with Crippen molar-refractivity contribution >= 4 is 16.4 Å². The molecular weight excluding hydrogens is 459 g/mol. The van der Waals surface area contributed by atoms with Gasteiger partial charge in [-0.25, -0.2) is 13.2 Å². The van der Waals surface area contributed by atoms with Crippen molar-refractivity contribution in [2.75, 3.05) is 6.61 Å². The monoisotopic (exact) mass is 492 g/mol. The van der Waals surface area contributed by atoms with E-state index in [1.54, 1.807) is 6.08 Å². The van der Waals surface area contributed by atoms with Gasteiger partial charge in [-0.15, -0.1) is 0 Å². The second kappa shape index (κ2) is 8.66. The summed E-state index contributed by atoms with van der Waals surface area (Å²) < 4.78 is 43.3. The maximum atomic E-state index is 12.2. The van der Waals surface area contributed by atoms with Crippen molar-refractivity contribution in [3.05, 3.63) is 11.6 Å². The van der Waals surface area contributed by atoms with E-state index in [-0.39, 0.29) is 80.0 Å². The zero-order chi connectivity index (χ0) is 22.2. The van der Waals surface area contributed by atoms with Crippen LogP contribution in [0.4, 0.5) is 0 Å². The number of aliphatic hydroxyl groups is 1. The van der Waals surface area contributed by atoms with E-state index in [9.17, 15) is 22.9 Å².